The largest absolute Gasteiger partial charge is 0.490 e. The molecule has 0 amide bonds. The van der Waals surface area contributed by atoms with Crippen molar-refractivity contribution in [3.8, 4) is 11.5 Å². The molecule has 26 heavy (non-hydrogen) atoms. The fourth-order valence-corrected chi connectivity index (χ4v) is 3.48. The van der Waals surface area contributed by atoms with Crippen LogP contribution in [0.4, 0.5) is 0 Å². The van der Waals surface area contributed by atoms with Crippen LogP contribution in [0.2, 0.25) is 0 Å². The second-order valence-electron chi connectivity index (χ2n) is 5.64. The minimum atomic E-state index is 0.616. The number of thioether (sulfide) groups is 1. The van der Waals surface area contributed by atoms with E-state index in [2.05, 4.69) is 43.7 Å². The van der Waals surface area contributed by atoms with Crippen LogP contribution in [0, 0.1) is 0 Å². The topological polar surface area (TPSA) is 74.1 Å². The Bertz CT molecular complexity index is 683. The Kier molecular flexibility index (Phi) is 9.21. The van der Waals surface area contributed by atoms with Gasteiger partial charge in [0.2, 0.25) is 5.16 Å². The van der Waals surface area contributed by atoms with Crippen molar-refractivity contribution in [2.24, 2.45) is 7.05 Å². The molecule has 0 bridgehead atoms. The molecule has 0 aliphatic rings. The molecule has 0 aliphatic carbocycles. The van der Waals surface area contributed by atoms with Crippen molar-refractivity contribution in [2.45, 2.75) is 38.4 Å². The summed E-state index contributed by atoms with van der Waals surface area (Å²) in [7, 11) is 1.85. The smallest absolute Gasteiger partial charge is 0.209 e. The minimum absolute atomic E-state index is 0.616. The third-order valence-corrected chi connectivity index (χ3v) is 5.34. The molecule has 144 valence electrons. The van der Waals surface area contributed by atoms with Crippen LogP contribution < -0.4 is 14.8 Å². The van der Waals surface area contributed by atoms with E-state index < -0.39 is 0 Å². The van der Waals surface area contributed by atoms with Gasteiger partial charge in [0.25, 0.3) is 0 Å². The first-order chi connectivity index (χ1) is 12.7. The Morgan fingerprint density at radius 2 is 2.04 bits per heavy atom. The van der Waals surface area contributed by atoms with E-state index >= 15 is 0 Å². The molecule has 0 fully saturated rings. The van der Waals surface area contributed by atoms with Crippen LogP contribution in [0.3, 0.4) is 0 Å². The highest BCUT2D eigenvalue weighted by Gasteiger charge is 2.11. The number of tetrazole rings is 1. The number of benzene rings is 1. The number of halogens is 1. The van der Waals surface area contributed by atoms with Gasteiger partial charge in [0, 0.05) is 23.8 Å². The van der Waals surface area contributed by atoms with Crippen molar-refractivity contribution in [1.82, 2.24) is 25.5 Å². The van der Waals surface area contributed by atoms with E-state index in [-0.39, 0.29) is 0 Å². The normalized spacial score (nSPS) is 10.9. The van der Waals surface area contributed by atoms with Gasteiger partial charge in [-0.3, -0.25) is 0 Å². The zero-order valence-corrected chi connectivity index (χ0v) is 17.9. The molecule has 7 nitrogen and oxygen atoms in total. The van der Waals surface area contributed by atoms with Crippen LogP contribution in [-0.2, 0) is 13.6 Å². The SMILES string of the molecule is CCCOc1cc(Br)c(CNCCCSc2nnnn2C)cc1OCC. The Morgan fingerprint density at radius 3 is 2.73 bits per heavy atom. The van der Waals surface area contributed by atoms with E-state index in [1.807, 2.05) is 26.1 Å². The molecule has 0 aliphatic heterocycles. The molecular weight excluding hydrogens is 418 g/mol. The first kappa shape index (κ1) is 21.0. The standard InChI is InChI=1S/C17H26BrN5O2S/c1-4-8-25-16-11-14(18)13(10-15(16)24-5-2)12-19-7-6-9-26-17-20-21-22-23(17)3/h10-11,19H,4-9,12H2,1-3H3. The third kappa shape index (κ3) is 6.44. The number of rotatable bonds is 12. The maximum atomic E-state index is 5.78. The molecule has 0 saturated carbocycles. The Balaban J connectivity index is 1.80. The van der Waals surface area contributed by atoms with Crippen molar-refractivity contribution in [3.05, 3.63) is 22.2 Å². The number of ether oxygens (including phenoxy) is 2. The molecular formula is C17H26BrN5O2S. The highest BCUT2D eigenvalue weighted by atomic mass is 79.9. The van der Waals surface area contributed by atoms with Crippen LogP contribution in [-0.4, -0.2) is 45.7 Å². The van der Waals surface area contributed by atoms with Gasteiger partial charge < -0.3 is 14.8 Å². The molecule has 2 aromatic rings. The molecule has 1 N–H and O–H groups in total. The van der Waals surface area contributed by atoms with E-state index in [0.717, 1.165) is 58.4 Å². The highest BCUT2D eigenvalue weighted by molar-refractivity contribution is 9.10. The van der Waals surface area contributed by atoms with E-state index in [4.69, 9.17) is 9.47 Å². The van der Waals surface area contributed by atoms with Crippen LogP contribution in [0.25, 0.3) is 0 Å². The van der Waals surface area contributed by atoms with Crippen molar-refractivity contribution in [3.63, 3.8) is 0 Å². The number of nitrogens with zero attached hydrogens (tertiary/aromatic N) is 4. The van der Waals surface area contributed by atoms with Gasteiger partial charge in [-0.25, -0.2) is 4.68 Å². The van der Waals surface area contributed by atoms with Gasteiger partial charge in [-0.05, 0) is 54.4 Å². The summed E-state index contributed by atoms with van der Waals surface area (Å²) in [6.45, 7) is 7.06. The Morgan fingerprint density at radius 1 is 1.23 bits per heavy atom. The number of aromatic nitrogens is 4. The molecule has 0 atom stereocenters. The van der Waals surface area contributed by atoms with Gasteiger partial charge in [0.1, 0.15) is 0 Å². The lowest BCUT2D eigenvalue weighted by molar-refractivity contribution is 0.276. The van der Waals surface area contributed by atoms with Crippen molar-refractivity contribution < 1.29 is 9.47 Å². The number of hydrogen-bond donors (Lipinski definition) is 1. The fourth-order valence-electron chi connectivity index (χ4n) is 2.23. The van der Waals surface area contributed by atoms with Crippen molar-refractivity contribution in [1.29, 1.82) is 0 Å². The van der Waals surface area contributed by atoms with Crippen LogP contribution in [0.15, 0.2) is 21.8 Å². The van der Waals surface area contributed by atoms with Crippen LogP contribution in [0.1, 0.15) is 32.3 Å². The fraction of sp³-hybridized carbons (Fsp3) is 0.588. The molecule has 1 aromatic carbocycles. The van der Waals surface area contributed by atoms with E-state index in [0.29, 0.717) is 13.2 Å². The van der Waals surface area contributed by atoms with Crippen LogP contribution >= 0.6 is 27.7 Å². The first-order valence-corrected chi connectivity index (χ1v) is 10.6. The van der Waals surface area contributed by atoms with Gasteiger partial charge in [-0.1, -0.05) is 34.6 Å². The maximum Gasteiger partial charge on any atom is 0.209 e. The van der Waals surface area contributed by atoms with Gasteiger partial charge in [0.15, 0.2) is 11.5 Å². The highest BCUT2D eigenvalue weighted by Crippen LogP contribution is 2.34. The summed E-state index contributed by atoms with van der Waals surface area (Å²) in [5.41, 5.74) is 1.16. The van der Waals surface area contributed by atoms with Gasteiger partial charge in [-0.2, -0.15) is 0 Å². The predicted molar refractivity (Wildman–Crippen MR) is 107 cm³/mol. The van der Waals surface area contributed by atoms with E-state index in [9.17, 15) is 0 Å². The Labute approximate surface area is 167 Å². The predicted octanol–water partition coefficient (Wildman–Crippen LogP) is 3.43. The van der Waals surface area contributed by atoms with Gasteiger partial charge in [-0.15, -0.1) is 5.10 Å². The van der Waals surface area contributed by atoms with Gasteiger partial charge >= 0.3 is 0 Å². The lowest BCUT2D eigenvalue weighted by Crippen LogP contribution is -2.16. The second kappa shape index (κ2) is 11.4. The lowest BCUT2D eigenvalue weighted by Gasteiger charge is -2.15. The summed E-state index contributed by atoms with van der Waals surface area (Å²) in [4.78, 5) is 0. The summed E-state index contributed by atoms with van der Waals surface area (Å²) in [5.74, 6) is 2.56. The van der Waals surface area contributed by atoms with Gasteiger partial charge in [0.05, 0.1) is 13.2 Å². The number of hydrogen-bond acceptors (Lipinski definition) is 7. The molecule has 1 heterocycles. The van der Waals surface area contributed by atoms with E-state index in [1.165, 1.54) is 0 Å². The monoisotopic (exact) mass is 443 g/mol. The molecule has 0 saturated heterocycles. The summed E-state index contributed by atoms with van der Waals surface area (Å²) < 4.78 is 14.2. The lowest BCUT2D eigenvalue weighted by atomic mass is 10.2. The average molecular weight is 444 g/mol. The molecule has 1 aromatic heterocycles. The number of aryl methyl sites for hydroxylation is 1. The number of nitrogens with one attached hydrogen (secondary N) is 1. The van der Waals surface area contributed by atoms with Crippen molar-refractivity contribution >= 4 is 27.7 Å². The summed E-state index contributed by atoms with van der Waals surface area (Å²) >= 11 is 5.30. The van der Waals surface area contributed by atoms with Crippen LogP contribution in [0.5, 0.6) is 11.5 Å². The average Bonchev–Trinajstić information content (AvgIpc) is 3.04. The quantitative estimate of drug-likeness (QED) is 0.397. The zero-order valence-electron chi connectivity index (χ0n) is 15.5. The second-order valence-corrected chi connectivity index (χ2v) is 7.55. The summed E-state index contributed by atoms with van der Waals surface area (Å²) in [5, 5.41) is 15.7. The zero-order chi connectivity index (χ0) is 18.8. The Hall–Kier alpha value is -1.32. The molecule has 0 spiro atoms. The van der Waals surface area contributed by atoms with Crippen molar-refractivity contribution in [2.75, 3.05) is 25.5 Å². The summed E-state index contributed by atoms with van der Waals surface area (Å²) in [6.07, 6.45) is 2.00. The molecule has 0 radical (unpaired) electrons. The molecule has 0 unspecified atom stereocenters. The summed E-state index contributed by atoms with van der Waals surface area (Å²) in [6, 6.07) is 4.04. The minimum Gasteiger partial charge on any atom is -0.490 e. The molecule has 2 rings (SSSR count). The molecule has 9 heteroatoms. The third-order valence-electron chi connectivity index (χ3n) is 3.50. The first-order valence-electron chi connectivity index (χ1n) is 8.79. The maximum absolute atomic E-state index is 5.78. The van der Waals surface area contributed by atoms with E-state index in [1.54, 1.807) is 16.4 Å².